The first-order chi connectivity index (χ1) is 16.3. The highest BCUT2D eigenvalue weighted by atomic mass is 16.5. The molecule has 0 atom stereocenters. The molecule has 7 heteroatoms. The third-order valence-corrected chi connectivity index (χ3v) is 5.08. The molecule has 0 saturated carbocycles. The zero-order valence-electron chi connectivity index (χ0n) is 17.9. The Morgan fingerprint density at radius 2 is 1.85 bits per heavy atom. The summed E-state index contributed by atoms with van der Waals surface area (Å²) >= 11 is 0. The zero-order chi connectivity index (χ0) is 22.5. The second-order valence-electron chi connectivity index (χ2n) is 7.24. The Bertz CT molecular complexity index is 1380. The van der Waals surface area contributed by atoms with Crippen molar-refractivity contribution in [3.63, 3.8) is 0 Å². The van der Waals surface area contributed by atoms with Gasteiger partial charge in [-0.15, -0.1) is 10.2 Å². The van der Waals surface area contributed by atoms with Gasteiger partial charge >= 0.3 is 0 Å². The minimum atomic E-state index is 0.383. The molecular weight excluding hydrogens is 416 g/mol. The number of para-hydroxylation sites is 1. The SMILES string of the molecule is COc1ccc(/C=C(\c2ccc(OCc3ccc4ccccc4n3)cc2)c2nnco2)cn1. The number of benzene rings is 2. The van der Waals surface area contributed by atoms with E-state index in [1.165, 1.54) is 6.39 Å². The summed E-state index contributed by atoms with van der Waals surface area (Å²) in [4.78, 5) is 8.90. The van der Waals surface area contributed by atoms with Gasteiger partial charge in [0.15, 0.2) is 0 Å². The summed E-state index contributed by atoms with van der Waals surface area (Å²) in [5.41, 5.74) is 4.40. The van der Waals surface area contributed by atoms with E-state index in [2.05, 4.69) is 26.2 Å². The average Bonchev–Trinajstić information content (AvgIpc) is 3.41. The number of pyridine rings is 2. The second-order valence-corrected chi connectivity index (χ2v) is 7.24. The fourth-order valence-corrected chi connectivity index (χ4v) is 3.40. The van der Waals surface area contributed by atoms with E-state index >= 15 is 0 Å². The largest absolute Gasteiger partial charge is 0.487 e. The molecule has 0 bridgehead atoms. The van der Waals surface area contributed by atoms with Crippen LogP contribution in [0, 0.1) is 0 Å². The van der Waals surface area contributed by atoms with Crippen molar-refractivity contribution in [3.8, 4) is 11.6 Å². The van der Waals surface area contributed by atoms with Crippen LogP contribution in [0.15, 0.2) is 89.8 Å². The van der Waals surface area contributed by atoms with E-state index in [1.54, 1.807) is 19.4 Å². The number of methoxy groups -OCH3 is 1. The van der Waals surface area contributed by atoms with E-state index in [1.807, 2.05) is 66.7 Å². The molecule has 5 aromatic rings. The molecule has 0 aliphatic carbocycles. The van der Waals surface area contributed by atoms with Crippen LogP contribution in [-0.4, -0.2) is 27.3 Å². The van der Waals surface area contributed by atoms with Crippen LogP contribution in [0.5, 0.6) is 11.6 Å². The van der Waals surface area contributed by atoms with Crippen molar-refractivity contribution in [3.05, 3.63) is 108 Å². The topological polar surface area (TPSA) is 83.2 Å². The smallest absolute Gasteiger partial charge is 0.248 e. The van der Waals surface area contributed by atoms with E-state index in [4.69, 9.17) is 13.9 Å². The lowest BCUT2D eigenvalue weighted by molar-refractivity contribution is 0.302. The molecule has 7 nitrogen and oxygen atoms in total. The van der Waals surface area contributed by atoms with Gasteiger partial charge in [0, 0.05) is 23.2 Å². The lowest BCUT2D eigenvalue weighted by Gasteiger charge is -2.09. The quantitative estimate of drug-likeness (QED) is 0.347. The van der Waals surface area contributed by atoms with Crippen molar-refractivity contribution in [2.24, 2.45) is 0 Å². The predicted molar refractivity (Wildman–Crippen MR) is 125 cm³/mol. The molecule has 0 fully saturated rings. The summed E-state index contributed by atoms with van der Waals surface area (Å²) < 4.78 is 16.5. The molecule has 3 heterocycles. The fraction of sp³-hybridized carbons (Fsp3) is 0.0769. The van der Waals surface area contributed by atoms with Gasteiger partial charge in [0.2, 0.25) is 18.2 Å². The fourth-order valence-electron chi connectivity index (χ4n) is 3.40. The summed E-state index contributed by atoms with van der Waals surface area (Å²) in [7, 11) is 1.58. The second kappa shape index (κ2) is 9.32. The number of hydrogen-bond donors (Lipinski definition) is 0. The first-order valence-corrected chi connectivity index (χ1v) is 10.3. The lowest BCUT2D eigenvalue weighted by atomic mass is 10.0. The Hall–Kier alpha value is -4.52. The maximum Gasteiger partial charge on any atom is 0.248 e. The van der Waals surface area contributed by atoms with Crippen molar-refractivity contribution < 1.29 is 13.9 Å². The molecule has 0 N–H and O–H groups in total. The summed E-state index contributed by atoms with van der Waals surface area (Å²) in [6, 6.07) is 23.5. The molecule has 2 aromatic carbocycles. The molecule has 162 valence electrons. The first-order valence-electron chi connectivity index (χ1n) is 10.3. The van der Waals surface area contributed by atoms with Gasteiger partial charge in [0.1, 0.15) is 12.4 Å². The Balaban J connectivity index is 1.35. The molecule has 0 aliphatic heterocycles. The van der Waals surface area contributed by atoms with Gasteiger partial charge in [-0.3, -0.25) is 0 Å². The van der Waals surface area contributed by atoms with Crippen LogP contribution in [0.1, 0.15) is 22.7 Å². The molecular formula is C26H20N4O3. The highest BCUT2D eigenvalue weighted by Gasteiger charge is 2.12. The standard InChI is InChI=1S/C26H20N4O3/c1-31-25-13-6-18(15-27-25)14-23(26-30-28-17-33-26)19-8-11-22(12-9-19)32-16-21-10-7-20-4-2-3-5-24(20)29-21/h2-15,17H,16H2,1H3/b23-14+. The number of aromatic nitrogens is 4. The normalized spacial score (nSPS) is 11.5. The molecule has 3 aromatic heterocycles. The van der Waals surface area contributed by atoms with E-state index in [9.17, 15) is 0 Å². The molecule has 0 amide bonds. The summed E-state index contributed by atoms with van der Waals surface area (Å²) in [6.45, 7) is 0.383. The van der Waals surface area contributed by atoms with Crippen LogP contribution in [0.4, 0.5) is 0 Å². The van der Waals surface area contributed by atoms with Crippen LogP contribution in [0.2, 0.25) is 0 Å². The third-order valence-electron chi connectivity index (χ3n) is 5.08. The van der Waals surface area contributed by atoms with Crippen LogP contribution >= 0.6 is 0 Å². The number of hydrogen-bond acceptors (Lipinski definition) is 7. The number of ether oxygens (including phenoxy) is 2. The van der Waals surface area contributed by atoms with Gasteiger partial charge in [-0.2, -0.15) is 0 Å². The van der Waals surface area contributed by atoms with Crippen molar-refractivity contribution in [1.82, 2.24) is 20.2 Å². The van der Waals surface area contributed by atoms with Crippen molar-refractivity contribution in [2.75, 3.05) is 7.11 Å². The summed E-state index contributed by atoms with van der Waals surface area (Å²) in [5, 5.41) is 9.00. The summed E-state index contributed by atoms with van der Waals surface area (Å²) in [5.74, 6) is 1.71. The zero-order valence-corrected chi connectivity index (χ0v) is 17.9. The molecule has 5 rings (SSSR count). The average molecular weight is 436 g/mol. The van der Waals surface area contributed by atoms with Gasteiger partial charge in [-0.1, -0.05) is 36.4 Å². The van der Waals surface area contributed by atoms with Gasteiger partial charge in [-0.25, -0.2) is 9.97 Å². The highest BCUT2D eigenvalue weighted by molar-refractivity contribution is 5.88. The van der Waals surface area contributed by atoms with Crippen LogP contribution < -0.4 is 9.47 Å². The molecule has 0 radical (unpaired) electrons. The van der Waals surface area contributed by atoms with E-state index in [0.717, 1.165) is 39.0 Å². The van der Waals surface area contributed by atoms with E-state index in [0.29, 0.717) is 18.4 Å². The van der Waals surface area contributed by atoms with Gasteiger partial charge in [0.25, 0.3) is 0 Å². The number of rotatable bonds is 7. The van der Waals surface area contributed by atoms with Crippen LogP contribution in [-0.2, 0) is 6.61 Å². The van der Waals surface area contributed by atoms with Gasteiger partial charge in [-0.05, 0) is 47.5 Å². The minimum Gasteiger partial charge on any atom is -0.487 e. The van der Waals surface area contributed by atoms with Gasteiger partial charge < -0.3 is 13.9 Å². The van der Waals surface area contributed by atoms with Crippen LogP contribution in [0.25, 0.3) is 22.6 Å². The molecule has 0 saturated heterocycles. The Morgan fingerprint density at radius 3 is 2.61 bits per heavy atom. The number of fused-ring (bicyclic) bond motifs is 1. The third kappa shape index (κ3) is 4.72. The molecule has 0 unspecified atom stereocenters. The summed E-state index contributed by atoms with van der Waals surface area (Å²) in [6.07, 6.45) is 4.97. The van der Waals surface area contributed by atoms with Crippen molar-refractivity contribution in [2.45, 2.75) is 6.61 Å². The maximum atomic E-state index is 5.95. The Labute approximate surface area is 190 Å². The van der Waals surface area contributed by atoms with Gasteiger partial charge in [0.05, 0.1) is 18.3 Å². The number of nitrogens with zero attached hydrogens (tertiary/aromatic N) is 4. The Morgan fingerprint density at radius 1 is 0.970 bits per heavy atom. The molecule has 33 heavy (non-hydrogen) atoms. The predicted octanol–water partition coefficient (Wildman–Crippen LogP) is 5.19. The van der Waals surface area contributed by atoms with E-state index < -0.39 is 0 Å². The maximum absolute atomic E-state index is 5.95. The lowest BCUT2D eigenvalue weighted by Crippen LogP contribution is -1.98. The van der Waals surface area contributed by atoms with Crippen molar-refractivity contribution >= 4 is 22.6 Å². The van der Waals surface area contributed by atoms with E-state index in [-0.39, 0.29) is 0 Å². The molecule has 0 spiro atoms. The highest BCUT2D eigenvalue weighted by Crippen LogP contribution is 2.27. The molecule has 0 aliphatic rings. The Kier molecular flexibility index (Phi) is 5.75. The van der Waals surface area contributed by atoms with Crippen molar-refractivity contribution in [1.29, 1.82) is 0 Å². The minimum absolute atomic E-state index is 0.383. The monoisotopic (exact) mass is 436 g/mol. The first kappa shape index (κ1) is 20.4. The van der Waals surface area contributed by atoms with Crippen LogP contribution in [0.3, 0.4) is 0 Å².